The molecule has 5 rings (SSSR count). The lowest BCUT2D eigenvalue weighted by atomic mass is 10.0. The Balaban J connectivity index is 1.09. The summed E-state index contributed by atoms with van der Waals surface area (Å²) in [5, 5.41) is 17.3. The number of hydrogen-bond acceptors (Lipinski definition) is 16. The Kier molecular flexibility index (Phi) is 31.0. The summed E-state index contributed by atoms with van der Waals surface area (Å²) in [5.41, 5.74) is 4.40. The zero-order valence-electron chi connectivity index (χ0n) is 53.5. The third kappa shape index (κ3) is 23.3. The number of aldehydes is 1. The molecule has 4 aromatic carbocycles. The van der Waals surface area contributed by atoms with E-state index in [-0.39, 0.29) is 61.8 Å². The average molecular weight is 1280 g/mol. The summed E-state index contributed by atoms with van der Waals surface area (Å²) >= 11 is 3.25. The zero-order valence-corrected chi connectivity index (χ0v) is 55.1. The van der Waals surface area contributed by atoms with Gasteiger partial charge in [0.25, 0.3) is 0 Å². The van der Waals surface area contributed by atoms with E-state index in [1.54, 1.807) is 110 Å². The van der Waals surface area contributed by atoms with Gasteiger partial charge in [0.05, 0.1) is 40.5 Å². The Morgan fingerprint density at radius 3 is 1.73 bits per heavy atom. The van der Waals surface area contributed by atoms with Crippen molar-refractivity contribution in [2.24, 2.45) is 5.92 Å². The standard InChI is InChI=1S/C66H91N9O13S2/c1-43(2)35-53(61(79)69-40-59(78)74(6)57(39-47-20-26-52(88-10)27-21-47)63(81)71-54(65(83)73(5)31-32-76)37-45-16-22-50(86-8)23-17-45)70-58(77)28-33-89-41-48-13-11-14-49(36-48)42-90-34-29-68-62(80)56-15-12-30-75(56)66(84)55(38-46-18-24-51(87-9)25-19-46)72-64(82)60(67-4)44(3)85-7/h11,13-14,16-27,32,36,43-44,53-57,60,67H,12,15,28-31,33-35,37-42H2,1-10H3,(H,68,80)(H,69,79)(H,70,77)(H,71,81)(H,72,82)/t44-,53?,54+,55+,56?,57+,60?/m1/s1. The number of thioether (sulfide) groups is 2. The second-order valence-corrected chi connectivity index (χ2v) is 24.7. The number of rotatable bonds is 38. The Morgan fingerprint density at radius 1 is 0.656 bits per heavy atom. The van der Waals surface area contributed by atoms with Crippen molar-refractivity contribution in [3.63, 3.8) is 0 Å². The van der Waals surface area contributed by atoms with E-state index < -0.39 is 72.5 Å². The number of nitrogens with one attached hydrogen (secondary N) is 6. The number of likely N-dealkylation sites (tertiary alicyclic amines) is 1. The predicted octanol–water partition coefficient (Wildman–Crippen LogP) is 4.13. The number of ether oxygens (including phenoxy) is 4. The van der Waals surface area contributed by atoms with E-state index in [1.807, 2.05) is 44.2 Å². The molecule has 1 aliphatic heterocycles. The second-order valence-electron chi connectivity index (χ2n) is 22.5. The molecule has 6 N–H and O–H groups in total. The fourth-order valence-electron chi connectivity index (χ4n) is 10.3. The molecule has 0 aromatic heterocycles. The van der Waals surface area contributed by atoms with E-state index in [2.05, 4.69) is 38.0 Å². The molecule has 0 radical (unpaired) electrons. The van der Waals surface area contributed by atoms with Crippen molar-refractivity contribution in [3.05, 3.63) is 125 Å². The normalized spacial score (nSPS) is 14.8. The maximum Gasteiger partial charge on any atom is 0.246 e. The summed E-state index contributed by atoms with van der Waals surface area (Å²) in [4.78, 5) is 126. The minimum absolute atomic E-state index is 0.0105. The first kappa shape index (κ1) is 73.1. The highest BCUT2D eigenvalue weighted by atomic mass is 32.2. The van der Waals surface area contributed by atoms with Crippen LogP contribution in [0.1, 0.15) is 74.3 Å². The fourth-order valence-corrected chi connectivity index (χ4v) is 12.0. The van der Waals surface area contributed by atoms with E-state index in [0.29, 0.717) is 90.0 Å². The predicted molar refractivity (Wildman–Crippen MR) is 349 cm³/mol. The van der Waals surface area contributed by atoms with Crippen molar-refractivity contribution < 1.29 is 62.1 Å². The van der Waals surface area contributed by atoms with E-state index >= 15 is 0 Å². The average Bonchev–Trinajstić information content (AvgIpc) is 1.78. The van der Waals surface area contributed by atoms with Gasteiger partial charge in [0.1, 0.15) is 59.8 Å². The molecule has 0 saturated carbocycles. The molecular weight excluding hydrogens is 1190 g/mol. The minimum atomic E-state index is -1.15. The minimum Gasteiger partial charge on any atom is -0.497 e. The summed E-state index contributed by atoms with van der Waals surface area (Å²) in [6.07, 6.45) is 2.07. The van der Waals surface area contributed by atoms with Gasteiger partial charge in [0, 0.05) is 83.0 Å². The van der Waals surface area contributed by atoms with Crippen LogP contribution >= 0.6 is 23.5 Å². The van der Waals surface area contributed by atoms with Crippen molar-refractivity contribution in [1.29, 1.82) is 0 Å². The Bertz CT molecular complexity index is 2980. The van der Waals surface area contributed by atoms with E-state index in [0.717, 1.165) is 16.7 Å². The molecule has 4 aromatic rings. The summed E-state index contributed by atoms with van der Waals surface area (Å²) in [6, 6.07) is 24.0. The van der Waals surface area contributed by atoms with Gasteiger partial charge >= 0.3 is 0 Å². The molecule has 0 bridgehead atoms. The molecule has 1 heterocycles. The van der Waals surface area contributed by atoms with Crippen molar-refractivity contribution in [2.75, 3.05) is 87.3 Å². The SMILES string of the molecule is CNC(C(=O)N[C@@H](Cc1ccc(OC)cc1)C(=O)N1CCCC1C(=O)NCCSCc1cccc(CSCCC(=O)NC(CC(C)C)C(=O)NCC(=O)N(C)[C@@H](Cc2ccc(OC)cc2)C(=O)N[C@@H](Cc2ccc(OC)cc2)C(=O)N(C)CC=O)c1)[C@@H](C)OC. The van der Waals surface area contributed by atoms with Crippen LogP contribution in [0.5, 0.6) is 17.2 Å². The number of nitrogens with zero attached hydrogens (tertiary/aromatic N) is 3. The molecule has 3 unspecified atom stereocenters. The van der Waals surface area contributed by atoms with Gasteiger partial charge in [-0.15, -0.1) is 0 Å². The van der Waals surface area contributed by atoms with Gasteiger partial charge in [-0.3, -0.25) is 38.4 Å². The lowest BCUT2D eigenvalue weighted by Crippen LogP contribution is -2.58. The van der Waals surface area contributed by atoms with Gasteiger partial charge in [-0.2, -0.15) is 23.5 Å². The topological polar surface area (TPSA) is 272 Å². The number of hydrogen-bond donors (Lipinski definition) is 6. The summed E-state index contributed by atoms with van der Waals surface area (Å²) in [6.45, 7) is 5.72. The molecule has 7 atom stereocenters. The molecule has 24 heteroatoms. The summed E-state index contributed by atoms with van der Waals surface area (Å²) < 4.78 is 21.3. The number of carbonyl (C=O) groups is 9. The van der Waals surface area contributed by atoms with E-state index in [1.165, 1.54) is 45.2 Å². The van der Waals surface area contributed by atoms with Gasteiger partial charge in [0.15, 0.2) is 0 Å². The Hall–Kier alpha value is -7.67. The van der Waals surface area contributed by atoms with Gasteiger partial charge in [-0.1, -0.05) is 74.5 Å². The lowest BCUT2D eigenvalue weighted by molar-refractivity contribution is -0.142. The third-order valence-corrected chi connectivity index (χ3v) is 17.6. The second kappa shape index (κ2) is 38.1. The number of benzene rings is 4. The van der Waals surface area contributed by atoms with Crippen LogP contribution in [0.2, 0.25) is 0 Å². The molecule has 1 fully saturated rings. The van der Waals surface area contributed by atoms with Crippen LogP contribution in [0.4, 0.5) is 0 Å². The van der Waals surface area contributed by atoms with Crippen molar-refractivity contribution in [1.82, 2.24) is 46.6 Å². The maximum absolute atomic E-state index is 14.4. The first-order valence-corrected chi connectivity index (χ1v) is 32.6. The number of methoxy groups -OCH3 is 4. The molecule has 22 nitrogen and oxygen atoms in total. The van der Waals surface area contributed by atoms with Crippen LogP contribution in [0.15, 0.2) is 97.1 Å². The molecule has 0 spiro atoms. The lowest BCUT2D eigenvalue weighted by Gasteiger charge is -2.31. The highest BCUT2D eigenvalue weighted by molar-refractivity contribution is 7.98. The molecule has 90 heavy (non-hydrogen) atoms. The molecule has 1 saturated heterocycles. The number of carbonyl (C=O) groups excluding carboxylic acids is 9. The Morgan fingerprint density at radius 2 is 1.20 bits per heavy atom. The smallest absolute Gasteiger partial charge is 0.246 e. The molecular formula is C66H91N9O13S2. The molecule has 8 amide bonds. The maximum atomic E-state index is 14.4. The number of likely N-dealkylation sites (N-methyl/N-ethyl adjacent to an activating group) is 3. The highest BCUT2D eigenvalue weighted by Gasteiger charge is 2.39. The van der Waals surface area contributed by atoms with Crippen molar-refractivity contribution in [3.8, 4) is 17.2 Å². The van der Waals surface area contributed by atoms with Gasteiger partial charge in [-0.05, 0) is 103 Å². The van der Waals surface area contributed by atoms with Crippen LogP contribution in [0.3, 0.4) is 0 Å². The molecule has 490 valence electrons. The van der Waals surface area contributed by atoms with Crippen molar-refractivity contribution in [2.45, 2.75) is 120 Å². The van der Waals surface area contributed by atoms with E-state index in [4.69, 9.17) is 18.9 Å². The zero-order chi connectivity index (χ0) is 65.7. The highest BCUT2D eigenvalue weighted by Crippen LogP contribution is 2.23. The first-order chi connectivity index (χ1) is 43.2. The first-order valence-electron chi connectivity index (χ1n) is 30.2. The van der Waals surface area contributed by atoms with Gasteiger partial charge in [-0.25, -0.2) is 0 Å². The molecule has 0 aliphatic carbocycles. The van der Waals surface area contributed by atoms with E-state index in [9.17, 15) is 43.2 Å². The monoisotopic (exact) mass is 1280 g/mol. The van der Waals surface area contributed by atoms with Crippen LogP contribution in [-0.2, 0) is 78.7 Å². The number of amides is 8. The Labute approximate surface area is 538 Å². The molecule has 1 aliphatic rings. The van der Waals surface area contributed by atoms with Gasteiger partial charge < -0.3 is 70.3 Å². The quantitative estimate of drug-likeness (QED) is 0.0272. The van der Waals surface area contributed by atoms with Crippen molar-refractivity contribution >= 4 is 77.1 Å². The summed E-state index contributed by atoms with van der Waals surface area (Å²) in [7, 11) is 10.7. The van der Waals surface area contributed by atoms with Crippen LogP contribution in [0.25, 0.3) is 0 Å². The van der Waals surface area contributed by atoms with Crippen LogP contribution in [0, 0.1) is 5.92 Å². The van der Waals surface area contributed by atoms with Crippen LogP contribution in [-0.4, -0.2) is 198 Å². The largest absolute Gasteiger partial charge is 0.497 e. The van der Waals surface area contributed by atoms with Crippen LogP contribution < -0.4 is 46.1 Å². The van der Waals surface area contributed by atoms with Gasteiger partial charge in [0.2, 0.25) is 47.3 Å². The summed E-state index contributed by atoms with van der Waals surface area (Å²) in [5.74, 6) is 0.762. The third-order valence-electron chi connectivity index (χ3n) is 15.5. The fraction of sp³-hybridized carbons (Fsp3) is 0.500.